The number of aromatic nitrogens is 2. The number of nitrogens with zero attached hydrogens (tertiary/aromatic N) is 2. The minimum absolute atomic E-state index is 0.0229. The predicted molar refractivity (Wildman–Crippen MR) is 110 cm³/mol. The number of hydrogen-bond acceptors (Lipinski definition) is 4. The number of H-pyrrole nitrogens is 1. The number of para-hydroxylation sites is 2. The number of piperazine rings is 1. The van der Waals surface area contributed by atoms with Crippen LogP contribution < -0.4 is 15.5 Å². The van der Waals surface area contributed by atoms with Crippen molar-refractivity contribution < 1.29 is 9.59 Å². The number of aryl methyl sites for hydroxylation is 1. The number of aromatic amines is 1. The maximum atomic E-state index is 12.3. The first-order valence-corrected chi connectivity index (χ1v) is 9.51. The van der Waals surface area contributed by atoms with Crippen LogP contribution in [0.5, 0.6) is 0 Å². The van der Waals surface area contributed by atoms with Gasteiger partial charge in [0.15, 0.2) is 0 Å². The molecule has 1 aliphatic rings. The number of rotatable bonds is 5. The highest BCUT2D eigenvalue weighted by Crippen LogP contribution is 2.29. The fourth-order valence-electron chi connectivity index (χ4n) is 3.26. The molecule has 3 aromatic rings. The number of fused-ring (bicyclic) bond motifs is 1. The van der Waals surface area contributed by atoms with Crippen molar-refractivity contribution in [2.45, 2.75) is 12.8 Å². The number of halogens is 1. The Hall–Kier alpha value is -3.06. The lowest BCUT2D eigenvalue weighted by atomic mass is 10.2. The van der Waals surface area contributed by atoms with E-state index in [1.807, 2.05) is 35.2 Å². The van der Waals surface area contributed by atoms with Gasteiger partial charge in [-0.15, -0.1) is 0 Å². The van der Waals surface area contributed by atoms with Crippen molar-refractivity contribution in [3.63, 3.8) is 0 Å². The minimum Gasteiger partial charge on any atom is -0.359 e. The number of carbonyl (C=O) groups excluding carboxylic acids is 2. The molecular formula is C20H20ClN5O2. The number of amides is 2. The zero-order valence-corrected chi connectivity index (χ0v) is 15.9. The van der Waals surface area contributed by atoms with Gasteiger partial charge >= 0.3 is 0 Å². The van der Waals surface area contributed by atoms with E-state index in [1.54, 1.807) is 12.1 Å². The van der Waals surface area contributed by atoms with Crippen molar-refractivity contribution in [2.24, 2.45) is 0 Å². The number of anilines is 2. The van der Waals surface area contributed by atoms with Crippen LogP contribution in [0.15, 0.2) is 42.5 Å². The molecule has 0 unspecified atom stereocenters. The standard InChI is InChI=1S/C20H20ClN5O2/c21-14-11-13(5-6-17(14)26-10-9-22-20(28)12-26)23-19(27)8-7-18-24-15-3-1-2-4-16(15)25-18/h1-6,11H,7-10,12H2,(H,22,28)(H,23,27)(H,24,25). The Morgan fingerprint density at radius 3 is 2.89 bits per heavy atom. The highest BCUT2D eigenvalue weighted by molar-refractivity contribution is 6.33. The Morgan fingerprint density at radius 2 is 2.11 bits per heavy atom. The monoisotopic (exact) mass is 397 g/mol. The summed E-state index contributed by atoms with van der Waals surface area (Å²) in [6, 6.07) is 13.1. The highest BCUT2D eigenvalue weighted by Gasteiger charge is 2.19. The molecule has 8 heteroatoms. The summed E-state index contributed by atoms with van der Waals surface area (Å²) < 4.78 is 0. The molecule has 0 radical (unpaired) electrons. The molecule has 0 aliphatic carbocycles. The topological polar surface area (TPSA) is 90.1 Å². The maximum Gasteiger partial charge on any atom is 0.239 e. The van der Waals surface area contributed by atoms with Crippen LogP contribution in [-0.2, 0) is 16.0 Å². The van der Waals surface area contributed by atoms with E-state index in [0.717, 1.165) is 22.5 Å². The molecule has 1 fully saturated rings. The molecule has 3 N–H and O–H groups in total. The van der Waals surface area contributed by atoms with E-state index < -0.39 is 0 Å². The van der Waals surface area contributed by atoms with Gasteiger partial charge in [-0.1, -0.05) is 23.7 Å². The lowest BCUT2D eigenvalue weighted by molar-refractivity contribution is -0.120. The Kier molecular flexibility index (Phi) is 5.16. The highest BCUT2D eigenvalue weighted by atomic mass is 35.5. The first kappa shape index (κ1) is 18.3. The number of hydrogen-bond donors (Lipinski definition) is 3. The molecule has 2 amide bonds. The van der Waals surface area contributed by atoms with Crippen LogP contribution in [0.2, 0.25) is 5.02 Å². The van der Waals surface area contributed by atoms with Crippen molar-refractivity contribution in [1.29, 1.82) is 0 Å². The van der Waals surface area contributed by atoms with Crippen molar-refractivity contribution in [2.75, 3.05) is 29.9 Å². The fourth-order valence-corrected chi connectivity index (χ4v) is 3.56. The van der Waals surface area contributed by atoms with E-state index in [0.29, 0.717) is 36.6 Å². The zero-order chi connectivity index (χ0) is 19.5. The minimum atomic E-state index is -0.110. The van der Waals surface area contributed by atoms with Gasteiger partial charge in [0.25, 0.3) is 0 Å². The number of nitrogens with one attached hydrogen (secondary N) is 3. The van der Waals surface area contributed by atoms with Gasteiger partial charge in [-0.05, 0) is 30.3 Å². The molecular weight excluding hydrogens is 378 g/mol. The van der Waals surface area contributed by atoms with Gasteiger partial charge in [0.05, 0.1) is 28.3 Å². The molecule has 0 saturated carbocycles. The Balaban J connectivity index is 1.36. The van der Waals surface area contributed by atoms with E-state index in [9.17, 15) is 9.59 Å². The van der Waals surface area contributed by atoms with Crippen molar-refractivity contribution in [3.05, 3.63) is 53.3 Å². The van der Waals surface area contributed by atoms with Gasteiger partial charge in [0.1, 0.15) is 5.82 Å². The average Bonchev–Trinajstić information content (AvgIpc) is 3.09. The van der Waals surface area contributed by atoms with Crippen molar-refractivity contribution in [3.8, 4) is 0 Å². The summed E-state index contributed by atoms with van der Waals surface area (Å²) in [5.41, 5.74) is 3.28. The molecule has 28 heavy (non-hydrogen) atoms. The van der Waals surface area contributed by atoms with Gasteiger partial charge in [-0.25, -0.2) is 4.98 Å². The van der Waals surface area contributed by atoms with Gasteiger partial charge in [-0.3, -0.25) is 9.59 Å². The second kappa shape index (κ2) is 7.90. The second-order valence-electron chi connectivity index (χ2n) is 6.69. The van der Waals surface area contributed by atoms with Crippen LogP contribution in [-0.4, -0.2) is 41.4 Å². The SMILES string of the molecule is O=C1CN(c2ccc(NC(=O)CCc3nc4ccccc4[nH]3)cc2Cl)CCN1. The summed E-state index contributed by atoms with van der Waals surface area (Å²) in [6.07, 6.45) is 0.834. The molecule has 2 heterocycles. The molecule has 2 aromatic carbocycles. The number of benzene rings is 2. The van der Waals surface area contributed by atoms with Gasteiger partial charge in [0, 0.05) is 31.6 Å². The summed E-state index contributed by atoms with van der Waals surface area (Å²) in [5, 5.41) is 6.15. The lowest BCUT2D eigenvalue weighted by Crippen LogP contribution is -2.47. The van der Waals surface area contributed by atoms with Gasteiger partial charge in [-0.2, -0.15) is 0 Å². The van der Waals surface area contributed by atoms with Gasteiger partial charge < -0.3 is 20.5 Å². The molecule has 1 aliphatic heterocycles. The summed E-state index contributed by atoms with van der Waals surface area (Å²) in [7, 11) is 0. The Morgan fingerprint density at radius 1 is 1.25 bits per heavy atom. The molecule has 4 rings (SSSR count). The maximum absolute atomic E-state index is 12.3. The van der Waals surface area contributed by atoms with E-state index in [4.69, 9.17) is 11.6 Å². The van der Waals surface area contributed by atoms with Crippen LogP contribution in [0.3, 0.4) is 0 Å². The van der Waals surface area contributed by atoms with E-state index in [2.05, 4.69) is 20.6 Å². The molecule has 144 valence electrons. The van der Waals surface area contributed by atoms with Gasteiger partial charge in [0.2, 0.25) is 11.8 Å². The molecule has 7 nitrogen and oxygen atoms in total. The van der Waals surface area contributed by atoms with E-state index in [1.165, 1.54) is 0 Å². The lowest BCUT2D eigenvalue weighted by Gasteiger charge is -2.29. The summed E-state index contributed by atoms with van der Waals surface area (Å²) in [5.74, 6) is 0.653. The number of carbonyl (C=O) groups is 2. The van der Waals surface area contributed by atoms with Crippen molar-refractivity contribution in [1.82, 2.24) is 15.3 Å². The van der Waals surface area contributed by atoms with Crippen molar-refractivity contribution >= 4 is 45.8 Å². The molecule has 0 bridgehead atoms. The molecule has 0 spiro atoms. The Labute approximate surface area is 167 Å². The van der Waals surface area contributed by atoms with Crippen LogP contribution in [0.1, 0.15) is 12.2 Å². The second-order valence-corrected chi connectivity index (χ2v) is 7.09. The Bertz CT molecular complexity index is 999. The van der Waals surface area contributed by atoms with Crippen LogP contribution in [0, 0.1) is 0 Å². The largest absolute Gasteiger partial charge is 0.359 e. The molecule has 0 atom stereocenters. The number of imidazole rings is 1. The normalized spacial score (nSPS) is 14.2. The van der Waals surface area contributed by atoms with E-state index in [-0.39, 0.29) is 18.4 Å². The first-order valence-electron chi connectivity index (χ1n) is 9.13. The smallest absolute Gasteiger partial charge is 0.239 e. The first-order chi connectivity index (χ1) is 13.6. The molecule has 1 aromatic heterocycles. The van der Waals surface area contributed by atoms with Crippen LogP contribution >= 0.6 is 11.6 Å². The zero-order valence-electron chi connectivity index (χ0n) is 15.2. The third-order valence-electron chi connectivity index (χ3n) is 4.64. The van der Waals surface area contributed by atoms with Crippen LogP contribution in [0.4, 0.5) is 11.4 Å². The van der Waals surface area contributed by atoms with Crippen LogP contribution in [0.25, 0.3) is 11.0 Å². The third-order valence-corrected chi connectivity index (χ3v) is 4.94. The average molecular weight is 398 g/mol. The predicted octanol–water partition coefficient (Wildman–Crippen LogP) is 2.72. The summed E-state index contributed by atoms with van der Waals surface area (Å²) in [6.45, 7) is 1.58. The quantitative estimate of drug-likeness (QED) is 0.617. The third kappa shape index (κ3) is 4.09. The van der Waals surface area contributed by atoms with E-state index >= 15 is 0 Å². The summed E-state index contributed by atoms with van der Waals surface area (Å²) >= 11 is 6.37. The molecule has 1 saturated heterocycles. The fraction of sp³-hybridized carbons (Fsp3) is 0.250. The summed E-state index contributed by atoms with van der Waals surface area (Å²) in [4.78, 5) is 33.5.